The molecule has 1 N–H and O–H groups in total. The smallest absolute Gasteiger partial charge is 0.414 e. The van der Waals surface area contributed by atoms with Crippen molar-refractivity contribution in [1.82, 2.24) is 0 Å². The van der Waals surface area contributed by atoms with Gasteiger partial charge in [0, 0.05) is 9.64 Å². The first kappa shape index (κ1) is 14.6. The zero-order valence-electron chi connectivity index (χ0n) is 10.9. The number of halogens is 1. The standard InChI is InChI=1S/C15H14INO3/c1-20-15(19)17(12-6-4-7-13(18)9-12)10-11-5-2-3-8-14(11)16/h2-9,18H,10H2,1H3. The van der Waals surface area contributed by atoms with Crippen molar-refractivity contribution < 1.29 is 14.6 Å². The molecule has 1 amide bonds. The highest BCUT2D eigenvalue weighted by Crippen LogP contribution is 2.24. The molecule has 0 spiro atoms. The van der Waals surface area contributed by atoms with Crippen LogP contribution in [0.3, 0.4) is 0 Å². The van der Waals surface area contributed by atoms with Crippen molar-refractivity contribution in [2.75, 3.05) is 12.0 Å². The van der Waals surface area contributed by atoms with Gasteiger partial charge in [0.05, 0.1) is 19.3 Å². The maximum Gasteiger partial charge on any atom is 0.414 e. The Kier molecular flexibility index (Phi) is 4.84. The number of anilines is 1. The van der Waals surface area contributed by atoms with E-state index in [2.05, 4.69) is 22.6 Å². The highest BCUT2D eigenvalue weighted by Gasteiger charge is 2.18. The first-order chi connectivity index (χ1) is 9.61. The number of benzene rings is 2. The fourth-order valence-corrected chi connectivity index (χ4v) is 2.39. The SMILES string of the molecule is COC(=O)N(Cc1ccccc1I)c1cccc(O)c1. The molecule has 0 saturated carbocycles. The van der Waals surface area contributed by atoms with E-state index in [4.69, 9.17) is 4.74 Å². The van der Waals surface area contributed by atoms with E-state index in [0.717, 1.165) is 9.13 Å². The van der Waals surface area contributed by atoms with Gasteiger partial charge in [-0.1, -0.05) is 24.3 Å². The normalized spacial score (nSPS) is 10.1. The Morgan fingerprint density at radius 3 is 2.65 bits per heavy atom. The number of phenolic OH excluding ortho intramolecular Hbond substituents is 1. The minimum absolute atomic E-state index is 0.110. The molecule has 0 unspecified atom stereocenters. The minimum Gasteiger partial charge on any atom is -0.508 e. The summed E-state index contributed by atoms with van der Waals surface area (Å²) in [6.45, 7) is 0.384. The summed E-state index contributed by atoms with van der Waals surface area (Å²) in [5.41, 5.74) is 1.61. The number of hydrogen-bond acceptors (Lipinski definition) is 3. The molecule has 0 aliphatic heterocycles. The van der Waals surface area contributed by atoms with Crippen LogP contribution in [-0.2, 0) is 11.3 Å². The van der Waals surface area contributed by atoms with E-state index in [9.17, 15) is 9.90 Å². The lowest BCUT2D eigenvalue weighted by Gasteiger charge is -2.22. The van der Waals surface area contributed by atoms with Crippen molar-refractivity contribution in [3.8, 4) is 5.75 Å². The maximum atomic E-state index is 12.0. The van der Waals surface area contributed by atoms with E-state index in [1.807, 2.05) is 24.3 Å². The Morgan fingerprint density at radius 1 is 1.25 bits per heavy atom. The Labute approximate surface area is 131 Å². The van der Waals surface area contributed by atoms with E-state index in [1.165, 1.54) is 18.1 Å². The topological polar surface area (TPSA) is 49.8 Å². The average Bonchev–Trinajstić information content (AvgIpc) is 2.45. The number of rotatable bonds is 3. The molecule has 5 heteroatoms. The van der Waals surface area contributed by atoms with Crippen LogP contribution < -0.4 is 4.90 Å². The Morgan fingerprint density at radius 2 is 2.00 bits per heavy atom. The van der Waals surface area contributed by atoms with E-state index in [0.29, 0.717) is 12.2 Å². The number of methoxy groups -OCH3 is 1. The van der Waals surface area contributed by atoms with Gasteiger partial charge >= 0.3 is 6.09 Å². The monoisotopic (exact) mass is 383 g/mol. The zero-order valence-corrected chi connectivity index (χ0v) is 13.1. The molecule has 0 radical (unpaired) electrons. The third kappa shape index (κ3) is 3.41. The van der Waals surface area contributed by atoms with Gasteiger partial charge in [-0.05, 0) is 46.4 Å². The molecule has 0 atom stereocenters. The van der Waals surface area contributed by atoms with Gasteiger partial charge in [0.1, 0.15) is 5.75 Å². The van der Waals surface area contributed by atoms with E-state index in [1.54, 1.807) is 18.2 Å². The Bertz CT molecular complexity index is 616. The molecule has 0 heterocycles. The second-order valence-electron chi connectivity index (χ2n) is 4.17. The summed E-state index contributed by atoms with van der Waals surface area (Å²) in [6.07, 6.45) is -0.463. The summed E-state index contributed by atoms with van der Waals surface area (Å²) in [4.78, 5) is 13.4. The van der Waals surface area contributed by atoms with E-state index >= 15 is 0 Å². The zero-order chi connectivity index (χ0) is 14.5. The van der Waals surface area contributed by atoms with Crippen LogP contribution in [-0.4, -0.2) is 18.3 Å². The first-order valence-electron chi connectivity index (χ1n) is 5.99. The van der Waals surface area contributed by atoms with Gasteiger partial charge in [-0.25, -0.2) is 4.79 Å². The number of hydrogen-bond donors (Lipinski definition) is 1. The van der Waals surface area contributed by atoms with Crippen molar-refractivity contribution >= 4 is 34.4 Å². The number of nitrogens with zero attached hydrogens (tertiary/aromatic N) is 1. The van der Waals surface area contributed by atoms with Gasteiger partial charge in [0.2, 0.25) is 0 Å². The minimum atomic E-state index is -0.463. The molecule has 2 rings (SSSR count). The Balaban J connectivity index is 2.34. The van der Waals surface area contributed by atoms with Crippen LogP contribution >= 0.6 is 22.6 Å². The van der Waals surface area contributed by atoms with E-state index < -0.39 is 6.09 Å². The lowest BCUT2D eigenvalue weighted by Crippen LogP contribution is -2.30. The second kappa shape index (κ2) is 6.60. The van der Waals surface area contributed by atoms with Crippen LogP contribution in [0.25, 0.3) is 0 Å². The molecule has 2 aromatic rings. The van der Waals surface area contributed by atoms with Crippen molar-refractivity contribution in [1.29, 1.82) is 0 Å². The summed E-state index contributed by atoms with van der Waals surface area (Å²) >= 11 is 2.23. The van der Waals surface area contributed by atoms with Crippen LogP contribution in [0.5, 0.6) is 5.75 Å². The lowest BCUT2D eigenvalue weighted by molar-refractivity contribution is 0.178. The fourth-order valence-electron chi connectivity index (χ4n) is 1.83. The molecule has 0 aromatic heterocycles. The molecule has 0 bridgehead atoms. The fraction of sp³-hybridized carbons (Fsp3) is 0.133. The largest absolute Gasteiger partial charge is 0.508 e. The number of amides is 1. The Hall–Kier alpha value is -1.76. The predicted molar refractivity (Wildman–Crippen MR) is 85.9 cm³/mol. The van der Waals surface area contributed by atoms with Crippen LogP contribution in [0.15, 0.2) is 48.5 Å². The molecular weight excluding hydrogens is 369 g/mol. The summed E-state index contributed by atoms with van der Waals surface area (Å²) in [5.74, 6) is 0.110. The van der Waals surface area contributed by atoms with Crippen molar-refractivity contribution in [3.05, 3.63) is 57.7 Å². The quantitative estimate of drug-likeness (QED) is 0.822. The molecule has 104 valence electrons. The molecule has 0 fully saturated rings. The summed E-state index contributed by atoms with van der Waals surface area (Å²) in [6, 6.07) is 14.4. The number of phenols is 1. The molecule has 0 aliphatic rings. The number of carbonyl (C=O) groups excluding carboxylic acids is 1. The molecule has 2 aromatic carbocycles. The third-order valence-corrected chi connectivity index (χ3v) is 3.88. The van der Waals surface area contributed by atoms with Crippen molar-refractivity contribution in [2.45, 2.75) is 6.54 Å². The predicted octanol–water partition coefficient (Wildman–Crippen LogP) is 3.77. The summed E-state index contributed by atoms with van der Waals surface area (Å²) < 4.78 is 5.89. The molecule has 20 heavy (non-hydrogen) atoms. The highest BCUT2D eigenvalue weighted by molar-refractivity contribution is 14.1. The lowest BCUT2D eigenvalue weighted by atomic mass is 10.2. The van der Waals surface area contributed by atoms with Crippen LogP contribution in [0.1, 0.15) is 5.56 Å². The summed E-state index contributed by atoms with van der Waals surface area (Å²) in [7, 11) is 1.34. The van der Waals surface area contributed by atoms with Gasteiger partial charge in [-0.2, -0.15) is 0 Å². The van der Waals surface area contributed by atoms with E-state index in [-0.39, 0.29) is 5.75 Å². The average molecular weight is 383 g/mol. The molecule has 0 aliphatic carbocycles. The van der Waals surface area contributed by atoms with Gasteiger partial charge in [0.15, 0.2) is 0 Å². The number of ether oxygens (including phenoxy) is 1. The highest BCUT2D eigenvalue weighted by atomic mass is 127. The summed E-state index contributed by atoms with van der Waals surface area (Å²) in [5, 5.41) is 9.56. The number of carbonyl (C=O) groups is 1. The number of aromatic hydroxyl groups is 1. The third-order valence-electron chi connectivity index (χ3n) is 2.82. The molecular formula is C15H14INO3. The van der Waals surface area contributed by atoms with Crippen molar-refractivity contribution in [3.63, 3.8) is 0 Å². The maximum absolute atomic E-state index is 12.0. The molecule has 4 nitrogen and oxygen atoms in total. The van der Waals surface area contributed by atoms with Crippen LogP contribution in [0.4, 0.5) is 10.5 Å². The van der Waals surface area contributed by atoms with Gasteiger partial charge < -0.3 is 9.84 Å². The van der Waals surface area contributed by atoms with Gasteiger partial charge in [-0.15, -0.1) is 0 Å². The van der Waals surface area contributed by atoms with Crippen molar-refractivity contribution in [2.24, 2.45) is 0 Å². The van der Waals surface area contributed by atoms with Gasteiger partial charge in [0.25, 0.3) is 0 Å². The van der Waals surface area contributed by atoms with Crippen LogP contribution in [0, 0.1) is 3.57 Å². The van der Waals surface area contributed by atoms with Gasteiger partial charge in [-0.3, -0.25) is 4.90 Å². The van der Waals surface area contributed by atoms with Crippen LogP contribution in [0.2, 0.25) is 0 Å². The molecule has 0 saturated heterocycles. The first-order valence-corrected chi connectivity index (χ1v) is 7.07. The second-order valence-corrected chi connectivity index (χ2v) is 5.33.